The van der Waals surface area contributed by atoms with Crippen molar-refractivity contribution in [2.24, 2.45) is 0 Å². The van der Waals surface area contributed by atoms with Crippen molar-refractivity contribution in [3.8, 4) is 0 Å². The van der Waals surface area contributed by atoms with Gasteiger partial charge in [-0.1, -0.05) is 18.5 Å². The molecule has 1 unspecified atom stereocenters. The third kappa shape index (κ3) is 4.20. The summed E-state index contributed by atoms with van der Waals surface area (Å²) in [5, 5.41) is 3.33. The molecule has 0 bridgehead atoms. The fraction of sp³-hybridized carbons (Fsp3) is 0.643. The number of carbonyl (C=O) groups excluding carboxylic acids is 1. The Morgan fingerprint density at radius 2 is 2.42 bits per heavy atom. The monoisotopic (exact) mass is 300 g/mol. The van der Waals surface area contributed by atoms with E-state index < -0.39 is 0 Å². The fourth-order valence-electron chi connectivity index (χ4n) is 2.52. The van der Waals surface area contributed by atoms with Gasteiger partial charge >= 0.3 is 0 Å². The van der Waals surface area contributed by atoms with Crippen LogP contribution < -0.4 is 5.32 Å². The normalized spacial score (nSPS) is 18.7. The van der Waals surface area contributed by atoms with Crippen LogP contribution in [0.4, 0.5) is 0 Å². The molecular formula is C14H21ClN2OS. The number of hydrogen-bond acceptors (Lipinski definition) is 3. The van der Waals surface area contributed by atoms with Crippen LogP contribution in [0.1, 0.15) is 31.1 Å². The van der Waals surface area contributed by atoms with Crippen LogP contribution in [0, 0.1) is 0 Å². The number of hydrogen-bond donors (Lipinski definition) is 1. The van der Waals surface area contributed by atoms with Crippen LogP contribution in [0.25, 0.3) is 0 Å². The van der Waals surface area contributed by atoms with Gasteiger partial charge in [-0.3, -0.25) is 4.79 Å². The first-order chi connectivity index (χ1) is 9.20. The highest BCUT2D eigenvalue weighted by atomic mass is 35.5. The molecule has 1 N–H and O–H groups in total. The van der Waals surface area contributed by atoms with Crippen molar-refractivity contribution in [2.75, 3.05) is 19.6 Å². The molecular weight excluding hydrogens is 280 g/mol. The van der Waals surface area contributed by atoms with Gasteiger partial charge in [0.05, 0.1) is 4.34 Å². The zero-order valence-electron chi connectivity index (χ0n) is 11.3. The van der Waals surface area contributed by atoms with E-state index in [1.807, 2.05) is 12.1 Å². The second-order valence-electron chi connectivity index (χ2n) is 4.94. The molecule has 1 amide bonds. The second-order valence-corrected chi connectivity index (χ2v) is 6.74. The number of carbonyl (C=O) groups is 1. The van der Waals surface area contributed by atoms with E-state index in [9.17, 15) is 4.79 Å². The van der Waals surface area contributed by atoms with E-state index in [0.717, 1.165) is 43.2 Å². The summed E-state index contributed by atoms with van der Waals surface area (Å²) in [5.74, 6) is 0.278. The molecule has 1 saturated heterocycles. The standard InChI is InChI=1S/C14H21ClN2OS/c1-2-9-17(11-7-8-16-10-11)14(18)6-4-12-3-5-13(15)19-12/h3,5,11,16H,2,4,6-10H2,1H3. The Labute approximate surface area is 123 Å². The Kier molecular flexibility index (Phi) is 5.67. The van der Waals surface area contributed by atoms with Crippen LogP contribution in [0.5, 0.6) is 0 Å². The summed E-state index contributed by atoms with van der Waals surface area (Å²) < 4.78 is 0.799. The largest absolute Gasteiger partial charge is 0.338 e. The van der Waals surface area contributed by atoms with Gasteiger partial charge in [0, 0.05) is 30.4 Å². The topological polar surface area (TPSA) is 32.3 Å². The highest BCUT2D eigenvalue weighted by Crippen LogP contribution is 2.23. The van der Waals surface area contributed by atoms with Crippen molar-refractivity contribution >= 4 is 28.8 Å². The van der Waals surface area contributed by atoms with Gasteiger partial charge in [-0.15, -0.1) is 11.3 Å². The average Bonchev–Trinajstić information content (AvgIpc) is 3.04. The van der Waals surface area contributed by atoms with Gasteiger partial charge in [-0.25, -0.2) is 0 Å². The van der Waals surface area contributed by atoms with Crippen molar-refractivity contribution in [1.82, 2.24) is 10.2 Å². The highest BCUT2D eigenvalue weighted by Gasteiger charge is 2.25. The summed E-state index contributed by atoms with van der Waals surface area (Å²) in [7, 11) is 0. The van der Waals surface area contributed by atoms with E-state index in [4.69, 9.17) is 11.6 Å². The lowest BCUT2D eigenvalue weighted by Gasteiger charge is -2.28. The number of nitrogens with one attached hydrogen (secondary N) is 1. The molecule has 19 heavy (non-hydrogen) atoms. The van der Waals surface area contributed by atoms with Crippen LogP contribution in [0.2, 0.25) is 4.34 Å². The van der Waals surface area contributed by atoms with Crippen molar-refractivity contribution in [3.63, 3.8) is 0 Å². The molecule has 0 spiro atoms. The number of thiophene rings is 1. The number of nitrogens with zero attached hydrogens (tertiary/aromatic N) is 1. The smallest absolute Gasteiger partial charge is 0.223 e. The minimum absolute atomic E-state index is 0.278. The lowest BCUT2D eigenvalue weighted by atomic mass is 10.1. The Morgan fingerprint density at radius 3 is 3.00 bits per heavy atom. The quantitative estimate of drug-likeness (QED) is 0.876. The molecule has 1 aliphatic heterocycles. The van der Waals surface area contributed by atoms with Crippen LogP contribution in [-0.4, -0.2) is 36.5 Å². The molecule has 0 radical (unpaired) electrons. The fourth-order valence-corrected chi connectivity index (χ4v) is 3.60. The van der Waals surface area contributed by atoms with Crippen LogP contribution in [0.3, 0.4) is 0 Å². The summed E-state index contributed by atoms with van der Waals surface area (Å²) in [6, 6.07) is 4.30. The summed E-state index contributed by atoms with van der Waals surface area (Å²) in [6.07, 6.45) is 3.49. The third-order valence-electron chi connectivity index (χ3n) is 3.47. The summed E-state index contributed by atoms with van der Waals surface area (Å²) in [5.41, 5.74) is 0. The number of amides is 1. The predicted molar refractivity (Wildman–Crippen MR) is 80.9 cm³/mol. The molecule has 3 nitrogen and oxygen atoms in total. The molecule has 0 aliphatic carbocycles. The third-order valence-corrected chi connectivity index (χ3v) is 4.76. The maximum atomic E-state index is 12.4. The minimum Gasteiger partial charge on any atom is -0.338 e. The zero-order chi connectivity index (χ0) is 13.7. The molecule has 2 rings (SSSR count). The first kappa shape index (κ1) is 14.8. The van der Waals surface area contributed by atoms with Gasteiger partial charge in [0.2, 0.25) is 5.91 Å². The van der Waals surface area contributed by atoms with Gasteiger partial charge in [-0.2, -0.15) is 0 Å². The highest BCUT2D eigenvalue weighted by molar-refractivity contribution is 7.16. The predicted octanol–water partition coefficient (Wildman–Crippen LogP) is 2.93. The van der Waals surface area contributed by atoms with Gasteiger partial charge in [-0.05, 0) is 37.9 Å². The SMILES string of the molecule is CCCN(C(=O)CCc1ccc(Cl)s1)C1CCNC1. The van der Waals surface area contributed by atoms with Gasteiger partial charge in [0.15, 0.2) is 0 Å². The van der Waals surface area contributed by atoms with E-state index >= 15 is 0 Å². The van der Waals surface area contributed by atoms with Crippen molar-refractivity contribution in [3.05, 3.63) is 21.3 Å². The van der Waals surface area contributed by atoms with Crippen LogP contribution >= 0.6 is 22.9 Å². The Bertz CT molecular complexity index is 415. The maximum absolute atomic E-state index is 12.4. The number of rotatable bonds is 6. The van der Waals surface area contributed by atoms with Crippen LogP contribution in [0.15, 0.2) is 12.1 Å². The van der Waals surface area contributed by atoms with Gasteiger partial charge in [0.25, 0.3) is 0 Å². The minimum atomic E-state index is 0.278. The molecule has 1 aliphatic rings. The van der Waals surface area contributed by atoms with E-state index in [1.165, 1.54) is 4.88 Å². The molecule has 0 saturated carbocycles. The van der Waals surface area contributed by atoms with E-state index in [1.54, 1.807) is 11.3 Å². The Balaban J connectivity index is 1.87. The Hall–Kier alpha value is -0.580. The summed E-state index contributed by atoms with van der Waals surface area (Å²) >= 11 is 7.48. The van der Waals surface area contributed by atoms with Crippen molar-refractivity contribution in [2.45, 2.75) is 38.6 Å². The maximum Gasteiger partial charge on any atom is 0.223 e. The molecule has 1 aromatic heterocycles. The molecule has 1 aromatic rings. The van der Waals surface area contributed by atoms with Crippen LogP contribution in [-0.2, 0) is 11.2 Å². The zero-order valence-corrected chi connectivity index (χ0v) is 12.9. The molecule has 1 atom stereocenters. The molecule has 0 aromatic carbocycles. The van der Waals surface area contributed by atoms with Gasteiger partial charge in [0.1, 0.15) is 0 Å². The van der Waals surface area contributed by atoms with E-state index in [0.29, 0.717) is 12.5 Å². The molecule has 5 heteroatoms. The van der Waals surface area contributed by atoms with Gasteiger partial charge < -0.3 is 10.2 Å². The first-order valence-electron chi connectivity index (χ1n) is 6.95. The molecule has 106 valence electrons. The number of halogens is 1. The first-order valence-corrected chi connectivity index (χ1v) is 8.14. The molecule has 1 fully saturated rings. The average molecular weight is 301 g/mol. The number of aryl methyl sites for hydroxylation is 1. The van der Waals surface area contributed by atoms with Crippen molar-refractivity contribution < 1.29 is 4.79 Å². The Morgan fingerprint density at radius 1 is 1.58 bits per heavy atom. The lowest BCUT2D eigenvalue weighted by Crippen LogP contribution is -2.42. The van der Waals surface area contributed by atoms with Crippen molar-refractivity contribution in [1.29, 1.82) is 0 Å². The van der Waals surface area contributed by atoms with E-state index in [-0.39, 0.29) is 5.91 Å². The molecule has 2 heterocycles. The summed E-state index contributed by atoms with van der Waals surface area (Å²) in [6.45, 7) is 4.97. The summed E-state index contributed by atoms with van der Waals surface area (Å²) in [4.78, 5) is 15.6. The lowest BCUT2D eigenvalue weighted by molar-refractivity contribution is -0.133. The second kappa shape index (κ2) is 7.27. The van der Waals surface area contributed by atoms with E-state index in [2.05, 4.69) is 17.1 Å².